The molecule has 0 heterocycles. The number of amides is 1. The van der Waals surface area contributed by atoms with Crippen LogP contribution >= 0.6 is 11.6 Å². The van der Waals surface area contributed by atoms with E-state index in [0.717, 1.165) is 6.42 Å². The molecule has 1 amide bonds. The third-order valence-corrected chi connectivity index (χ3v) is 2.98. The van der Waals surface area contributed by atoms with E-state index in [4.69, 9.17) is 17.3 Å². The van der Waals surface area contributed by atoms with Gasteiger partial charge in [0.1, 0.15) is 0 Å². The molecule has 2 unspecified atom stereocenters. The minimum atomic E-state index is -0.116. The Labute approximate surface area is 93.6 Å². The van der Waals surface area contributed by atoms with Crippen molar-refractivity contribution in [1.82, 2.24) is 5.32 Å². The molecule has 3 nitrogen and oxygen atoms in total. The van der Waals surface area contributed by atoms with Gasteiger partial charge in [0.05, 0.1) is 10.6 Å². The molecule has 0 aromatic heterocycles. The Balaban J connectivity index is 2.11. The van der Waals surface area contributed by atoms with E-state index in [2.05, 4.69) is 12.2 Å². The van der Waals surface area contributed by atoms with Crippen molar-refractivity contribution in [3.8, 4) is 0 Å². The molecule has 80 valence electrons. The van der Waals surface area contributed by atoms with Crippen LogP contribution in [-0.4, -0.2) is 11.9 Å². The zero-order chi connectivity index (χ0) is 11.0. The van der Waals surface area contributed by atoms with Crippen molar-refractivity contribution >= 4 is 23.2 Å². The molecular weight excluding hydrogens is 212 g/mol. The second-order valence-electron chi connectivity index (χ2n) is 4.03. The number of halogens is 1. The highest BCUT2D eigenvalue weighted by molar-refractivity contribution is 6.34. The van der Waals surface area contributed by atoms with Gasteiger partial charge in [-0.25, -0.2) is 0 Å². The molecule has 1 aromatic carbocycles. The Morgan fingerprint density at radius 3 is 2.80 bits per heavy atom. The number of rotatable bonds is 2. The van der Waals surface area contributed by atoms with Gasteiger partial charge in [0.15, 0.2) is 0 Å². The quantitative estimate of drug-likeness (QED) is 0.756. The van der Waals surface area contributed by atoms with E-state index in [0.29, 0.717) is 28.2 Å². The summed E-state index contributed by atoms with van der Waals surface area (Å²) in [6, 6.07) is 5.23. The Hall–Kier alpha value is -1.22. The van der Waals surface area contributed by atoms with Crippen molar-refractivity contribution in [1.29, 1.82) is 0 Å². The van der Waals surface area contributed by atoms with Crippen LogP contribution in [0.3, 0.4) is 0 Å². The molecule has 1 aliphatic carbocycles. The van der Waals surface area contributed by atoms with Gasteiger partial charge in [-0.2, -0.15) is 0 Å². The van der Waals surface area contributed by atoms with Crippen LogP contribution in [0.2, 0.25) is 5.02 Å². The molecule has 1 saturated carbocycles. The summed E-state index contributed by atoms with van der Waals surface area (Å²) in [4.78, 5) is 11.7. The first-order valence-corrected chi connectivity index (χ1v) is 5.31. The van der Waals surface area contributed by atoms with Gasteiger partial charge >= 0.3 is 0 Å². The molecule has 0 aliphatic heterocycles. The third-order valence-electron chi connectivity index (χ3n) is 2.66. The Bertz CT molecular complexity index is 406. The molecule has 0 saturated heterocycles. The van der Waals surface area contributed by atoms with E-state index >= 15 is 0 Å². The smallest absolute Gasteiger partial charge is 0.253 e. The number of nitrogens with one attached hydrogen (secondary N) is 1. The van der Waals surface area contributed by atoms with Crippen LogP contribution in [0.25, 0.3) is 0 Å². The van der Waals surface area contributed by atoms with Crippen molar-refractivity contribution in [3.05, 3.63) is 28.8 Å². The van der Waals surface area contributed by atoms with Crippen LogP contribution in [-0.2, 0) is 0 Å². The minimum absolute atomic E-state index is 0.116. The lowest BCUT2D eigenvalue weighted by molar-refractivity contribution is 0.0949. The number of nitrogens with two attached hydrogens (primary N) is 1. The van der Waals surface area contributed by atoms with Crippen molar-refractivity contribution in [2.45, 2.75) is 19.4 Å². The van der Waals surface area contributed by atoms with Crippen LogP contribution in [0.15, 0.2) is 18.2 Å². The molecule has 2 atom stereocenters. The van der Waals surface area contributed by atoms with Crippen LogP contribution in [0.1, 0.15) is 23.7 Å². The summed E-state index contributed by atoms with van der Waals surface area (Å²) in [5.41, 5.74) is 6.60. The van der Waals surface area contributed by atoms with Gasteiger partial charge in [-0.15, -0.1) is 0 Å². The fraction of sp³-hybridized carbons (Fsp3) is 0.364. The number of carbonyl (C=O) groups excluding carboxylic acids is 1. The third kappa shape index (κ3) is 2.23. The summed E-state index contributed by atoms with van der Waals surface area (Å²) in [6.07, 6.45) is 1.05. The highest BCUT2D eigenvalue weighted by Crippen LogP contribution is 2.29. The van der Waals surface area contributed by atoms with Gasteiger partial charge in [0.2, 0.25) is 0 Å². The molecule has 0 spiro atoms. The van der Waals surface area contributed by atoms with Gasteiger partial charge in [-0.3, -0.25) is 4.79 Å². The Morgan fingerprint density at radius 1 is 1.60 bits per heavy atom. The van der Waals surface area contributed by atoms with Crippen LogP contribution in [0.4, 0.5) is 5.69 Å². The van der Waals surface area contributed by atoms with Gasteiger partial charge in [0.25, 0.3) is 5.91 Å². The lowest BCUT2D eigenvalue weighted by Gasteiger charge is -2.06. The molecule has 0 radical (unpaired) electrons. The monoisotopic (exact) mass is 224 g/mol. The fourth-order valence-electron chi connectivity index (χ4n) is 1.48. The predicted molar refractivity (Wildman–Crippen MR) is 60.9 cm³/mol. The highest BCUT2D eigenvalue weighted by atomic mass is 35.5. The average molecular weight is 225 g/mol. The van der Waals surface area contributed by atoms with Gasteiger partial charge in [-0.1, -0.05) is 18.5 Å². The van der Waals surface area contributed by atoms with E-state index in [9.17, 15) is 4.79 Å². The van der Waals surface area contributed by atoms with E-state index in [-0.39, 0.29) is 5.91 Å². The topological polar surface area (TPSA) is 55.1 Å². The first kappa shape index (κ1) is 10.3. The number of hydrogen-bond donors (Lipinski definition) is 2. The normalized spacial score (nSPS) is 23.6. The molecule has 1 fully saturated rings. The number of nitrogen functional groups attached to an aromatic ring is 1. The van der Waals surface area contributed by atoms with Gasteiger partial charge < -0.3 is 11.1 Å². The molecule has 3 N–H and O–H groups in total. The summed E-state index contributed by atoms with van der Waals surface area (Å²) < 4.78 is 0. The largest absolute Gasteiger partial charge is 0.399 e. The predicted octanol–water partition coefficient (Wildman–Crippen LogP) is 2.06. The van der Waals surface area contributed by atoms with Gasteiger partial charge in [0, 0.05) is 11.7 Å². The van der Waals surface area contributed by atoms with Crippen molar-refractivity contribution in [2.75, 3.05) is 5.73 Å². The van der Waals surface area contributed by atoms with Crippen molar-refractivity contribution in [3.63, 3.8) is 0 Å². The second-order valence-corrected chi connectivity index (χ2v) is 4.44. The summed E-state index contributed by atoms with van der Waals surface area (Å²) in [6.45, 7) is 2.11. The average Bonchev–Trinajstić information content (AvgIpc) is 2.81. The number of benzene rings is 1. The first-order chi connectivity index (χ1) is 7.08. The van der Waals surface area contributed by atoms with Crippen LogP contribution < -0.4 is 11.1 Å². The lowest BCUT2D eigenvalue weighted by Crippen LogP contribution is -2.26. The molecule has 1 aromatic rings. The molecular formula is C11H13ClN2O. The number of anilines is 1. The van der Waals surface area contributed by atoms with Crippen molar-refractivity contribution < 1.29 is 4.79 Å². The summed E-state index contributed by atoms with van der Waals surface area (Å²) in [5.74, 6) is 0.468. The van der Waals surface area contributed by atoms with Crippen LogP contribution in [0.5, 0.6) is 0 Å². The standard InChI is InChI=1S/C11H13ClN2O/c1-6-4-10(6)14-11(15)8-3-2-7(13)5-9(8)12/h2-3,5-6,10H,4,13H2,1H3,(H,14,15). The molecule has 1 aliphatic rings. The summed E-state index contributed by atoms with van der Waals surface area (Å²) in [7, 11) is 0. The zero-order valence-electron chi connectivity index (χ0n) is 8.46. The van der Waals surface area contributed by atoms with Gasteiger partial charge in [-0.05, 0) is 30.5 Å². The molecule has 15 heavy (non-hydrogen) atoms. The molecule has 4 heteroatoms. The first-order valence-electron chi connectivity index (χ1n) is 4.94. The Kier molecular flexibility index (Phi) is 2.57. The maximum Gasteiger partial charge on any atom is 0.253 e. The SMILES string of the molecule is CC1CC1NC(=O)c1ccc(N)cc1Cl. The van der Waals surface area contributed by atoms with E-state index in [1.54, 1.807) is 18.2 Å². The number of carbonyl (C=O) groups is 1. The molecule has 2 rings (SSSR count). The maximum atomic E-state index is 11.7. The summed E-state index contributed by atoms with van der Waals surface area (Å²) in [5, 5.41) is 3.32. The van der Waals surface area contributed by atoms with Crippen molar-refractivity contribution in [2.24, 2.45) is 5.92 Å². The highest BCUT2D eigenvalue weighted by Gasteiger charge is 2.34. The van der Waals surface area contributed by atoms with Crippen LogP contribution in [0, 0.1) is 5.92 Å². The van der Waals surface area contributed by atoms with E-state index < -0.39 is 0 Å². The zero-order valence-corrected chi connectivity index (χ0v) is 9.21. The second kappa shape index (κ2) is 3.74. The minimum Gasteiger partial charge on any atom is -0.399 e. The van der Waals surface area contributed by atoms with E-state index in [1.165, 1.54) is 0 Å². The lowest BCUT2D eigenvalue weighted by atomic mass is 10.2. The Morgan fingerprint density at radius 2 is 2.27 bits per heavy atom. The molecule has 0 bridgehead atoms. The summed E-state index contributed by atoms with van der Waals surface area (Å²) >= 11 is 5.92. The number of hydrogen-bond acceptors (Lipinski definition) is 2. The fourth-order valence-corrected chi connectivity index (χ4v) is 1.76. The van der Waals surface area contributed by atoms with E-state index in [1.807, 2.05) is 0 Å². The maximum absolute atomic E-state index is 11.7.